The molecule has 0 saturated carbocycles. The first-order valence-corrected chi connectivity index (χ1v) is 7.90. The van der Waals surface area contributed by atoms with E-state index >= 15 is 0 Å². The van der Waals surface area contributed by atoms with Gasteiger partial charge >= 0.3 is 0 Å². The van der Waals surface area contributed by atoms with E-state index in [1.54, 1.807) is 0 Å². The molecule has 22 heavy (non-hydrogen) atoms. The predicted octanol–water partition coefficient (Wildman–Crippen LogP) is 1.64. The van der Waals surface area contributed by atoms with Gasteiger partial charge in [-0.1, -0.05) is 6.58 Å². The molecule has 1 aromatic rings. The number of nitrogens with zero attached hydrogens (tertiary/aromatic N) is 2. The van der Waals surface area contributed by atoms with Crippen LogP contribution in [0.1, 0.15) is 12.8 Å². The third kappa shape index (κ3) is 3.42. The quantitative estimate of drug-likeness (QED) is 0.891. The highest BCUT2D eigenvalue weighted by Gasteiger charge is 2.21. The number of nitrogens with one attached hydrogen (secondary N) is 2. The minimum Gasteiger partial charge on any atom is -0.377 e. The van der Waals surface area contributed by atoms with Gasteiger partial charge in [0.15, 0.2) is 0 Å². The molecule has 5 heteroatoms. The highest BCUT2D eigenvalue weighted by atomic mass is 16.1. The van der Waals surface area contributed by atoms with Crippen LogP contribution in [-0.2, 0) is 4.79 Å². The molecule has 2 heterocycles. The third-order valence-corrected chi connectivity index (χ3v) is 4.46. The van der Waals surface area contributed by atoms with Gasteiger partial charge in [0.1, 0.15) is 0 Å². The van der Waals surface area contributed by atoms with E-state index in [1.807, 2.05) is 0 Å². The number of piperazine rings is 1. The molecule has 0 spiro atoms. The lowest BCUT2D eigenvalue weighted by atomic mass is 10.0. The summed E-state index contributed by atoms with van der Waals surface area (Å²) in [6.45, 7) is 8.31. The SMILES string of the molecule is C=C1NC(=O)CCC1Nc1ccc(N2CCN(C)CC2)cc1. The Morgan fingerprint density at radius 2 is 1.86 bits per heavy atom. The Labute approximate surface area is 132 Å². The minimum absolute atomic E-state index is 0.0634. The molecule has 0 aromatic heterocycles. The Bertz CT molecular complexity index is 546. The van der Waals surface area contributed by atoms with Crippen molar-refractivity contribution in [1.82, 2.24) is 10.2 Å². The van der Waals surface area contributed by atoms with Crippen molar-refractivity contribution in [3.05, 3.63) is 36.5 Å². The van der Waals surface area contributed by atoms with Crippen molar-refractivity contribution in [3.8, 4) is 0 Å². The van der Waals surface area contributed by atoms with Crippen LogP contribution in [0.4, 0.5) is 11.4 Å². The average molecular weight is 300 g/mol. The van der Waals surface area contributed by atoms with Crippen LogP contribution in [-0.4, -0.2) is 50.1 Å². The van der Waals surface area contributed by atoms with E-state index in [2.05, 4.69) is 58.3 Å². The van der Waals surface area contributed by atoms with Crippen molar-refractivity contribution in [1.29, 1.82) is 0 Å². The predicted molar refractivity (Wildman–Crippen MR) is 90.1 cm³/mol. The molecule has 2 N–H and O–H groups in total. The number of anilines is 2. The highest BCUT2D eigenvalue weighted by Crippen LogP contribution is 2.22. The first-order valence-electron chi connectivity index (χ1n) is 7.90. The lowest BCUT2D eigenvalue weighted by Gasteiger charge is -2.34. The van der Waals surface area contributed by atoms with Crippen molar-refractivity contribution >= 4 is 17.3 Å². The Hall–Kier alpha value is -2.01. The molecule has 1 unspecified atom stereocenters. The van der Waals surface area contributed by atoms with Crippen molar-refractivity contribution in [2.45, 2.75) is 18.9 Å². The Morgan fingerprint density at radius 1 is 1.18 bits per heavy atom. The maximum absolute atomic E-state index is 11.3. The van der Waals surface area contributed by atoms with Gasteiger partial charge in [0.25, 0.3) is 0 Å². The van der Waals surface area contributed by atoms with Crippen LogP contribution in [0.3, 0.4) is 0 Å². The Kier molecular flexibility index (Phi) is 4.34. The molecule has 2 fully saturated rings. The van der Waals surface area contributed by atoms with Gasteiger partial charge < -0.3 is 20.4 Å². The molecule has 0 radical (unpaired) electrons. The van der Waals surface area contributed by atoms with Gasteiger partial charge in [0.2, 0.25) is 5.91 Å². The fraction of sp³-hybridized carbons (Fsp3) is 0.471. The zero-order valence-corrected chi connectivity index (χ0v) is 13.1. The summed E-state index contributed by atoms with van der Waals surface area (Å²) in [6.07, 6.45) is 1.35. The molecule has 2 aliphatic rings. The van der Waals surface area contributed by atoms with E-state index < -0.39 is 0 Å². The van der Waals surface area contributed by atoms with Crippen LogP contribution >= 0.6 is 0 Å². The minimum atomic E-state index is 0.0634. The molecular weight excluding hydrogens is 276 g/mol. The summed E-state index contributed by atoms with van der Waals surface area (Å²) >= 11 is 0. The third-order valence-electron chi connectivity index (χ3n) is 4.46. The first-order chi connectivity index (χ1) is 10.6. The van der Waals surface area contributed by atoms with E-state index in [0.29, 0.717) is 6.42 Å². The van der Waals surface area contributed by atoms with Crippen LogP contribution in [0.25, 0.3) is 0 Å². The van der Waals surface area contributed by atoms with Gasteiger partial charge in [-0.3, -0.25) is 4.79 Å². The van der Waals surface area contributed by atoms with Gasteiger partial charge in [-0.25, -0.2) is 0 Å². The molecule has 1 amide bonds. The zero-order valence-electron chi connectivity index (χ0n) is 13.1. The maximum Gasteiger partial charge on any atom is 0.224 e. The van der Waals surface area contributed by atoms with Gasteiger partial charge in [-0.05, 0) is 37.7 Å². The summed E-state index contributed by atoms with van der Waals surface area (Å²) in [5.41, 5.74) is 3.11. The monoisotopic (exact) mass is 300 g/mol. The van der Waals surface area contributed by atoms with Crippen LogP contribution < -0.4 is 15.5 Å². The number of rotatable bonds is 3. The molecular formula is C17H24N4O. The van der Waals surface area contributed by atoms with Crippen LogP contribution in [0.5, 0.6) is 0 Å². The summed E-state index contributed by atoms with van der Waals surface area (Å²) in [5.74, 6) is 0.0634. The molecule has 118 valence electrons. The topological polar surface area (TPSA) is 47.6 Å². The standard InChI is InChI=1S/C17H24N4O/c1-13-16(7-8-17(22)18-13)19-14-3-5-15(6-4-14)21-11-9-20(2)10-12-21/h3-6,16,19H,1,7-12H2,2H3,(H,18,22). The lowest BCUT2D eigenvalue weighted by Crippen LogP contribution is -2.44. The number of hydrogen-bond donors (Lipinski definition) is 2. The molecule has 5 nitrogen and oxygen atoms in total. The second-order valence-electron chi connectivity index (χ2n) is 6.15. The van der Waals surface area contributed by atoms with E-state index in [0.717, 1.165) is 44.0 Å². The molecule has 0 aliphatic carbocycles. The molecule has 1 atom stereocenters. The van der Waals surface area contributed by atoms with Gasteiger partial charge in [-0.15, -0.1) is 0 Å². The Morgan fingerprint density at radius 3 is 2.50 bits per heavy atom. The second kappa shape index (κ2) is 6.40. The Balaban J connectivity index is 1.59. The van der Waals surface area contributed by atoms with Gasteiger partial charge in [0.05, 0.1) is 6.04 Å². The molecule has 2 saturated heterocycles. The number of piperidine rings is 1. The van der Waals surface area contributed by atoms with E-state index in [1.165, 1.54) is 5.69 Å². The number of hydrogen-bond acceptors (Lipinski definition) is 4. The zero-order chi connectivity index (χ0) is 15.5. The lowest BCUT2D eigenvalue weighted by molar-refractivity contribution is -0.121. The normalized spacial score (nSPS) is 23.3. The first kappa shape index (κ1) is 14.9. The van der Waals surface area contributed by atoms with Crippen molar-refractivity contribution < 1.29 is 4.79 Å². The number of amides is 1. The van der Waals surface area contributed by atoms with Crippen molar-refractivity contribution in [3.63, 3.8) is 0 Å². The van der Waals surface area contributed by atoms with Crippen molar-refractivity contribution in [2.75, 3.05) is 43.4 Å². The van der Waals surface area contributed by atoms with E-state index in [9.17, 15) is 4.79 Å². The van der Waals surface area contributed by atoms with Crippen LogP contribution in [0.15, 0.2) is 36.5 Å². The summed E-state index contributed by atoms with van der Waals surface area (Å²) in [6, 6.07) is 8.66. The smallest absolute Gasteiger partial charge is 0.224 e. The number of carbonyl (C=O) groups is 1. The maximum atomic E-state index is 11.3. The number of carbonyl (C=O) groups excluding carboxylic acids is 1. The fourth-order valence-corrected chi connectivity index (χ4v) is 2.97. The van der Waals surface area contributed by atoms with Crippen molar-refractivity contribution in [2.24, 2.45) is 0 Å². The van der Waals surface area contributed by atoms with Crippen LogP contribution in [0, 0.1) is 0 Å². The average Bonchev–Trinajstić information content (AvgIpc) is 2.52. The fourth-order valence-electron chi connectivity index (χ4n) is 2.97. The number of likely N-dealkylation sites (N-methyl/N-ethyl adjacent to an activating group) is 1. The summed E-state index contributed by atoms with van der Waals surface area (Å²) < 4.78 is 0. The molecule has 1 aromatic carbocycles. The van der Waals surface area contributed by atoms with E-state index in [-0.39, 0.29) is 11.9 Å². The largest absolute Gasteiger partial charge is 0.377 e. The molecule has 0 bridgehead atoms. The second-order valence-corrected chi connectivity index (χ2v) is 6.15. The summed E-state index contributed by atoms with van der Waals surface area (Å²) in [4.78, 5) is 16.1. The summed E-state index contributed by atoms with van der Waals surface area (Å²) in [5, 5.41) is 6.26. The van der Waals surface area contributed by atoms with Crippen LogP contribution in [0.2, 0.25) is 0 Å². The number of benzene rings is 1. The molecule has 2 aliphatic heterocycles. The summed E-state index contributed by atoms with van der Waals surface area (Å²) in [7, 11) is 2.17. The van der Waals surface area contributed by atoms with Gasteiger partial charge in [-0.2, -0.15) is 0 Å². The molecule has 3 rings (SSSR count). The highest BCUT2D eigenvalue weighted by molar-refractivity contribution is 5.79. The van der Waals surface area contributed by atoms with E-state index in [4.69, 9.17) is 0 Å². The van der Waals surface area contributed by atoms with Gasteiger partial charge in [0, 0.05) is 49.7 Å².